The van der Waals surface area contributed by atoms with E-state index < -0.39 is 11.7 Å². The zero-order chi connectivity index (χ0) is 15.5. The van der Waals surface area contributed by atoms with Crippen molar-refractivity contribution in [1.82, 2.24) is 0 Å². The van der Waals surface area contributed by atoms with Gasteiger partial charge in [-0.1, -0.05) is 25.1 Å². The van der Waals surface area contributed by atoms with Crippen molar-refractivity contribution >= 4 is 5.69 Å². The Morgan fingerprint density at radius 1 is 1.10 bits per heavy atom. The maximum Gasteiger partial charge on any atom is 0.416 e. The fourth-order valence-corrected chi connectivity index (χ4v) is 2.11. The van der Waals surface area contributed by atoms with Crippen LogP contribution in [-0.4, -0.2) is 5.11 Å². The molecule has 2 nitrogen and oxygen atoms in total. The first kappa shape index (κ1) is 15.2. The van der Waals surface area contributed by atoms with Gasteiger partial charge in [0.25, 0.3) is 0 Å². The Bertz CT molecular complexity index is 593. The van der Waals surface area contributed by atoms with E-state index in [1.165, 1.54) is 6.07 Å². The highest BCUT2D eigenvalue weighted by Gasteiger charge is 2.30. The fraction of sp³-hybridized carbons (Fsp3) is 0.250. The Morgan fingerprint density at radius 2 is 1.76 bits per heavy atom. The van der Waals surface area contributed by atoms with Crippen molar-refractivity contribution in [3.63, 3.8) is 0 Å². The molecule has 2 rings (SSSR count). The largest absolute Gasteiger partial charge is 0.508 e. The average Bonchev–Trinajstić information content (AvgIpc) is 2.45. The molecule has 0 amide bonds. The third-order valence-corrected chi connectivity index (χ3v) is 3.23. The van der Waals surface area contributed by atoms with E-state index >= 15 is 0 Å². The maximum atomic E-state index is 12.7. The minimum absolute atomic E-state index is 0.117. The van der Waals surface area contributed by atoms with Crippen molar-refractivity contribution in [3.05, 3.63) is 59.7 Å². The van der Waals surface area contributed by atoms with Crippen LogP contribution in [0.25, 0.3) is 0 Å². The highest BCUT2D eigenvalue weighted by atomic mass is 19.4. The zero-order valence-corrected chi connectivity index (χ0v) is 11.5. The fourth-order valence-electron chi connectivity index (χ4n) is 2.11. The molecule has 0 aliphatic carbocycles. The third-order valence-electron chi connectivity index (χ3n) is 3.23. The normalized spacial score (nSPS) is 13.0. The van der Waals surface area contributed by atoms with E-state index in [9.17, 15) is 18.3 Å². The number of alkyl halides is 3. The molecule has 112 valence electrons. The number of phenols is 1. The Morgan fingerprint density at radius 3 is 2.33 bits per heavy atom. The molecule has 21 heavy (non-hydrogen) atoms. The van der Waals surface area contributed by atoms with Crippen LogP contribution in [0.1, 0.15) is 30.5 Å². The summed E-state index contributed by atoms with van der Waals surface area (Å²) >= 11 is 0. The molecule has 0 aromatic heterocycles. The molecule has 2 aromatic carbocycles. The average molecular weight is 295 g/mol. The molecule has 0 aliphatic heterocycles. The molecule has 1 unspecified atom stereocenters. The van der Waals surface area contributed by atoms with Gasteiger partial charge in [0.1, 0.15) is 5.75 Å². The Balaban J connectivity index is 2.21. The highest BCUT2D eigenvalue weighted by Crippen LogP contribution is 2.32. The van der Waals surface area contributed by atoms with Crippen LogP contribution >= 0.6 is 0 Å². The highest BCUT2D eigenvalue weighted by molar-refractivity contribution is 5.48. The van der Waals surface area contributed by atoms with E-state index in [-0.39, 0.29) is 11.8 Å². The van der Waals surface area contributed by atoms with Gasteiger partial charge >= 0.3 is 6.18 Å². The van der Waals surface area contributed by atoms with E-state index in [4.69, 9.17) is 0 Å². The second-order valence-electron chi connectivity index (χ2n) is 4.78. The quantitative estimate of drug-likeness (QED) is 0.834. The van der Waals surface area contributed by atoms with Crippen LogP contribution in [0.4, 0.5) is 18.9 Å². The van der Waals surface area contributed by atoms with Crippen LogP contribution in [-0.2, 0) is 6.18 Å². The molecule has 0 spiro atoms. The van der Waals surface area contributed by atoms with Gasteiger partial charge in [0.2, 0.25) is 0 Å². The summed E-state index contributed by atoms with van der Waals surface area (Å²) in [6.07, 6.45) is -3.64. The number of halogens is 3. The van der Waals surface area contributed by atoms with Gasteiger partial charge in [-0.3, -0.25) is 0 Å². The lowest BCUT2D eigenvalue weighted by atomic mass is 10.0. The van der Waals surface area contributed by atoms with Crippen LogP contribution in [0.2, 0.25) is 0 Å². The van der Waals surface area contributed by atoms with E-state index in [1.54, 1.807) is 30.3 Å². The first-order valence-electron chi connectivity index (χ1n) is 6.63. The molecule has 0 fully saturated rings. The van der Waals surface area contributed by atoms with Crippen molar-refractivity contribution in [2.24, 2.45) is 0 Å². The van der Waals surface area contributed by atoms with E-state index in [1.807, 2.05) is 6.92 Å². The molecule has 1 atom stereocenters. The van der Waals surface area contributed by atoms with Crippen LogP contribution in [0, 0.1) is 0 Å². The van der Waals surface area contributed by atoms with Crippen LogP contribution in [0.5, 0.6) is 5.75 Å². The minimum atomic E-state index is -4.35. The molecular weight excluding hydrogens is 279 g/mol. The summed E-state index contributed by atoms with van der Waals surface area (Å²) in [5.41, 5.74) is 0.658. The lowest BCUT2D eigenvalue weighted by Gasteiger charge is -2.19. The topological polar surface area (TPSA) is 32.3 Å². The van der Waals surface area contributed by atoms with Crippen molar-refractivity contribution in [3.8, 4) is 5.75 Å². The van der Waals surface area contributed by atoms with Crippen molar-refractivity contribution in [2.75, 3.05) is 5.32 Å². The van der Waals surface area contributed by atoms with Crippen molar-refractivity contribution in [1.29, 1.82) is 0 Å². The number of rotatable bonds is 4. The van der Waals surface area contributed by atoms with E-state index in [0.29, 0.717) is 12.1 Å². The second kappa shape index (κ2) is 6.08. The third kappa shape index (κ3) is 3.90. The standard InChI is InChI=1S/C16H16F3NO/c1-2-15(11-6-8-14(21)9-7-11)20-13-5-3-4-12(10-13)16(17,18)19/h3-10,15,20-21H,2H2,1H3. The molecule has 0 heterocycles. The SMILES string of the molecule is CCC(Nc1cccc(C(F)(F)F)c1)c1ccc(O)cc1. The number of nitrogens with one attached hydrogen (secondary N) is 1. The van der Waals surface area contributed by atoms with Gasteiger partial charge in [-0.2, -0.15) is 13.2 Å². The van der Waals surface area contributed by atoms with Gasteiger partial charge in [0.15, 0.2) is 0 Å². The molecule has 0 saturated heterocycles. The zero-order valence-electron chi connectivity index (χ0n) is 11.5. The number of phenolic OH excluding ortho intramolecular Hbond substituents is 1. The number of hydrogen-bond acceptors (Lipinski definition) is 2. The van der Waals surface area contributed by atoms with Gasteiger partial charge in [-0.15, -0.1) is 0 Å². The van der Waals surface area contributed by atoms with Gasteiger partial charge in [0.05, 0.1) is 11.6 Å². The predicted molar refractivity (Wildman–Crippen MR) is 76.2 cm³/mol. The van der Waals surface area contributed by atoms with Gasteiger partial charge in [0, 0.05) is 5.69 Å². The number of benzene rings is 2. The molecule has 2 N–H and O–H groups in total. The summed E-state index contributed by atoms with van der Waals surface area (Å²) in [4.78, 5) is 0. The summed E-state index contributed by atoms with van der Waals surface area (Å²) in [7, 11) is 0. The van der Waals surface area contributed by atoms with Gasteiger partial charge in [-0.05, 0) is 42.3 Å². The van der Waals surface area contributed by atoms with Gasteiger partial charge in [-0.25, -0.2) is 0 Å². The lowest BCUT2D eigenvalue weighted by Crippen LogP contribution is -2.11. The molecule has 0 bridgehead atoms. The summed E-state index contributed by atoms with van der Waals surface area (Å²) < 4.78 is 38.1. The van der Waals surface area contributed by atoms with Crippen LogP contribution < -0.4 is 5.32 Å². The second-order valence-corrected chi connectivity index (χ2v) is 4.78. The van der Waals surface area contributed by atoms with Crippen LogP contribution in [0.3, 0.4) is 0 Å². The number of hydrogen-bond donors (Lipinski definition) is 2. The van der Waals surface area contributed by atoms with Crippen LogP contribution in [0.15, 0.2) is 48.5 Å². The summed E-state index contributed by atoms with van der Waals surface area (Å²) in [6, 6.07) is 11.7. The molecular formula is C16H16F3NO. The monoisotopic (exact) mass is 295 g/mol. The molecule has 2 aromatic rings. The summed E-state index contributed by atoms with van der Waals surface area (Å²) in [6.45, 7) is 1.94. The maximum absolute atomic E-state index is 12.7. The molecule has 0 aliphatic rings. The molecule has 0 saturated carbocycles. The lowest BCUT2D eigenvalue weighted by molar-refractivity contribution is -0.137. The summed E-state index contributed by atoms with van der Waals surface area (Å²) in [5.74, 6) is 0.160. The molecule has 0 radical (unpaired) electrons. The van der Waals surface area contributed by atoms with E-state index in [0.717, 1.165) is 17.7 Å². The van der Waals surface area contributed by atoms with Crippen molar-refractivity contribution < 1.29 is 18.3 Å². The van der Waals surface area contributed by atoms with Gasteiger partial charge < -0.3 is 10.4 Å². The smallest absolute Gasteiger partial charge is 0.416 e. The predicted octanol–water partition coefficient (Wildman–Crippen LogP) is 4.97. The Kier molecular flexibility index (Phi) is 4.40. The number of anilines is 1. The Hall–Kier alpha value is -2.17. The first-order valence-corrected chi connectivity index (χ1v) is 6.63. The first-order chi connectivity index (χ1) is 9.90. The van der Waals surface area contributed by atoms with Crippen molar-refractivity contribution in [2.45, 2.75) is 25.6 Å². The number of aromatic hydroxyl groups is 1. The summed E-state index contributed by atoms with van der Waals surface area (Å²) in [5, 5.41) is 12.4. The Labute approximate surface area is 121 Å². The van der Waals surface area contributed by atoms with E-state index in [2.05, 4.69) is 5.32 Å². The molecule has 5 heteroatoms. The minimum Gasteiger partial charge on any atom is -0.508 e.